The molecule has 0 saturated carbocycles. The van der Waals surface area contributed by atoms with Crippen molar-refractivity contribution < 1.29 is 19.1 Å². The van der Waals surface area contributed by atoms with Crippen molar-refractivity contribution in [3.8, 4) is 5.75 Å². The third kappa shape index (κ3) is 5.62. The van der Waals surface area contributed by atoms with Gasteiger partial charge in [-0.15, -0.1) is 0 Å². The van der Waals surface area contributed by atoms with Crippen molar-refractivity contribution >= 4 is 40.3 Å². The van der Waals surface area contributed by atoms with Crippen LogP contribution in [0, 0.1) is 0 Å². The zero-order chi connectivity index (χ0) is 30.4. The van der Waals surface area contributed by atoms with Crippen molar-refractivity contribution in [1.29, 1.82) is 0 Å². The number of hydrogen-bond acceptors (Lipinski definition) is 4. The number of methoxy groups -OCH3 is 1. The molecule has 218 valence electrons. The molecule has 0 aliphatic heterocycles. The third-order valence-corrected chi connectivity index (χ3v) is 12.7. The van der Waals surface area contributed by atoms with E-state index in [-0.39, 0.29) is 22.9 Å². The molecule has 44 heavy (non-hydrogen) atoms. The Kier molecular flexibility index (Phi) is 8.81. The fraction of sp³-hybridized carbons (Fsp3) is 0.128. The molecule has 6 rings (SSSR count). The van der Waals surface area contributed by atoms with Crippen molar-refractivity contribution in [3.63, 3.8) is 0 Å². The van der Waals surface area contributed by atoms with Crippen LogP contribution in [0.4, 0.5) is 0 Å². The minimum absolute atomic E-state index is 0.0735. The van der Waals surface area contributed by atoms with E-state index in [0.29, 0.717) is 23.3 Å². The van der Waals surface area contributed by atoms with Gasteiger partial charge in [0.2, 0.25) is 5.78 Å². The summed E-state index contributed by atoms with van der Waals surface area (Å²) >= 11 is 0. The average Bonchev–Trinajstić information content (AvgIpc) is 3.09. The van der Waals surface area contributed by atoms with Gasteiger partial charge in [0.05, 0.1) is 25.5 Å². The van der Waals surface area contributed by atoms with E-state index in [4.69, 9.17) is 9.47 Å². The van der Waals surface area contributed by atoms with Crippen LogP contribution in [0.1, 0.15) is 39.1 Å². The number of fused-ring (bicyclic) bond motifs is 1. The molecule has 0 bridgehead atoms. The molecular weight excluding hydrogens is 563 g/mol. The predicted octanol–water partition coefficient (Wildman–Crippen LogP) is 7.28. The van der Waals surface area contributed by atoms with Gasteiger partial charge in [-0.25, -0.2) is 0 Å². The van der Waals surface area contributed by atoms with Crippen LogP contribution in [0.15, 0.2) is 145 Å². The fourth-order valence-electron chi connectivity index (χ4n) is 6.05. The van der Waals surface area contributed by atoms with Crippen LogP contribution >= 0.6 is 7.26 Å². The number of ketones is 2. The molecule has 0 heterocycles. The van der Waals surface area contributed by atoms with Crippen LogP contribution < -0.4 is 20.7 Å². The van der Waals surface area contributed by atoms with Gasteiger partial charge in [-0.3, -0.25) is 9.59 Å². The van der Waals surface area contributed by atoms with Gasteiger partial charge in [0.1, 0.15) is 28.9 Å². The summed E-state index contributed by atoms with van der Waals surface area (Å²) < 4.78 is 11.6. The lowest BCUT2D eigenvalue weighted by Crippen LogP contribution is -2.33. The van der Waals surface area contributed by atoms with Crippen molar-refractivity contribution in [2.45, 2.75) is 12.8 Å². The normalized spacial score (nSPS) is 13.0. The molecule has 5 aromatic rings. The second-order valence-corrected chi connectivity index (χ2v) is 14.3. The molecule has 4 nitrogen and oxygen atoms in total. The smallest absolute Gasteiger partial charge is 0.229 e. The van der Waals surface area contributed by atoms with Gasteiger partial charge >= 0.3 is 0 Å². The van der Waals surface area contributed by atoms with E-state index in [1.165, 1.54) is 23.0 Å². The Morgan fingerprint density at radius 1 is 0.545 bits per heavy atom. The molecular formula is C39H34O4P+. The van der Waals surface area contributed by atoms with Gasteiger partial charge < -0.3 is 9.47 Å². The van der Waals surface area contributed by atoms with E-state index < -0.39 is 7.26 Å². The Morgan fingerprint density at radius 3 is 1.52 bits per heavy atom. The average molecular weight is 598 g/mol. The highest BCUT2D eigenvalue weighted by Gasteiger charge is 2.44. The molecule has 1 aliphatic carbocycles. The lowest BCUT2D eigenvalue weighted by atomic mass is 9.85. The Bertz CT molecular complexity index is 1680. The first-order valence-electron chi connectivity index (χ1n) is 14.9. The molecule has 1 aliphatic rings. The third-order valence-electron chi connectivity index (χ3n) is 8.17. The first-order valence-corrected chi connectivity index (χ1v) is 16.9. The molecule has 0 radical (unpaired) electrons. The highest BCUT2D eigenvalue weighted by atomic mass is 31.2. The summed E-state index contributed by atoms with van der Waals surface area (Å²) in [7, 11) is -0.436. The van der Waals surface area contributed by atoms with E-state index in [0.717, 1.165) is 24.8 Å². The first-order chi connectivity index (χ1) is 21.6. The van der Waals surface area contributed by atoms with Crippen LogP contribution in [-0.2, 0) is 4.74 Å². The molecule has 5 aromatic carbocycles. The first kappa shape index (κ1) is 29.3. The zero-order valence-electron chi connectivity index (χ0n) is 24.7. The molecule has 0 unspecified atom stereocenters. The number of carbonyl (C=O) groups excluding carboxylic acids is 2. The van der Waals surface area contributed by atoms with Crippen LogP contribution in [0.25, 0.3) is 5.57 Å². The monoisotopic (exact) mass is 597 g/mol. The molecule has 0 spiro atoms. The number of benzene rings is 5. The fourth-order valence-corrected chi connectivity index (χ4v) is 10.5. The predicted molar refractivity (Wildman–Crippen MR) is 180 cm³/mol. The van der Waals surface area contributed by atoms with Crippen LogP contribution in [-0.4, -0.2) is 31.4 Å². The number of carbonyl (C=O) groups is 2. The van der Waals surface area contributed by atoms with E-state index in [9.17, 15) is 9.59 Å². The van der Waals surface area contributed by atoms with Crippen molar-refractivity contribution in [2.75, 3.05) is 19.9 Å². The lowest BCUT2D eigenvalue weighted by Gasteiger charge is -2.27. The van der Waals surface area contributed by atoms with E-state index in [1.807, 2.05) is 24.3 Å². The second kappa shape index (κ2) is 13.2. The number of Topliss-reactive ketones (excluding diaryl/α,β-unsaturated/α-hetero) is 2. The summed E-state index contributed by atoms with van der Waals surface area (Å²) in [6, 6.07) is 47.0. The molecule has 0 fully saturated rings. The van der Waals surface area contributed by atoms with Crippen LogP contribution in [0.2, 0.25) is 0 Å². The van der Waals surface area contributed by atoms with Gasteiger partial charge in [-0.1, -0.05) is 91.0 Å². The largest absolute Gasteiger partial charge is 0.494 e. The van der Waals surface area contributed by atoms with E-state index in [2.05, 4.69) is 91.0 Å². The zero-order valence-corrected chi connectivity index (χ0v) is 25.6. The molecule has 0 atom stereocenters. The summed E-state index contributed by atoms with van der Waals surface area (Å²) in [5, 5.41) is 4.16. The van der Waals surface area contributed by atoms with Crippen LogP contribution in [0.3, 0.4) is 0 Å². The number of allylic oxidation sites excluding steroid dienone is 2. The maximum Gasteiger partial charge on any atom is 0.229 e. The van der Waals surface area contributed by atoms with Crippen molar-refractivity contribution in [1.82, 2.24) is 0 Å². The minimum Gasteiger partial charge on any atom is -0.494 e. The molecule has 0 amide bonds. The number of hydrogen-bond donors (Lipinski definition) is 0. The van der Waals surface area contributed by atoms with Gasteiger partial charge in [0.15, 0.2) is 11.5 Å². The maximum atomic E-state index is 13.3. The Hall–Kier alpha value is -4.79. The standard InChI is InChI=1S/C39H34O4P/c1-42-39-36(37(40)34-21-11-12-22-35(34)38(39)41)29-23-25-30(26-24-29)43-27-13-14-28-44(31-15-5-2-6-16-31,32-17-7-3-8-18-32)33-19-9-4-10-20-33/h2-12,15-26H,13-14,27-28H2,1H3/q+1. The van der Waals surface area contributed by atoms with Gasteiger partial charge in [-0.05, 0) is 66.9 Å². The van der Waals surface area contributed by atoms with E-state index >= 15 is 0 Å². The van der Waals surface area contributed by atoms with Gasteiger partial charge in [0, 0.05) is 11.1 Å². The Morgan fingerprint density at radius 2 is 1.02 bits per heavy atom. The molecule has 0 saturated heterocycles. The number of unbranched alkanes of at least 4 members (excludes halogenated alkanes) is 1. The maximum absolute atomic E-state index is 13.3. The highest BCUT2D eigenvalue weighted by molar-refractivity contribution is 7.95. The van der Waals surface area contributed by atoms with Crippen molar-refractivity contribution in [3.05, 3.63) is 162 Å². The second-order valence-electron chi connectivity index (χ2n) is 10.7. The van der Waals surface area contributed by atoms with Crippen LogP contribution in [0.5, 0.6) is 5.75 Å². The summed E-state index contributed by atoms with van der Waals surface area (Å²) in [5.74, 6) is 0.300. The molecule has 0 aromatic heterocycles. The Labute approximate surface area is 259 Å². The summed E-state index contributed by atoms with van der Waals surface area (Å²) in [5.41, 5.74) is 1.68. The van der Waals surface area contributed by atoms with Crippen molar-refractivity contribution in [2.24, 2.45) is 0 Å². The summed E-state index contributed by atoms with van der Waals surface area (Å²) in [6.45, 7) is 0.578. The summed E-state index contributed by atoms with van der Waals surface area (Å²) in [6.07, 6.45) is 2.95. The summed E-state index contributed by atoms with van der Waals surface area (Å²) in [4.78, 5) is 26.4. The topological polar surface area (TPSA) is 52.6 Å². The Balaban J connectivity index is 1.16. The number of rotatable bonds is 11. The SMILES string of the molecule is COC1=C(c2ccc(OCCCC[P+](c3ccccc3)(c3ccccc3)c3ccccc3)cc2)C(=O)c2ccccc2C1=O. The minimum atomic E-state index is -1.86. The molecule has 0 N–H and O–H groups in total. The van der Waals surface area contributed by atoms with E-state index in [1.54, 1.807) is 24.3 Å². The quantitative estimate of drug-likeness (QED) is 0.119. The van der Waals surface area contributed by atoms with Gasteiger partial charge in [0.25, 0.3) is 0 Å². The lowest BCUT2D eigenvalue weighted by molar-refractivity contribution is 0.0925. The highest BCUT2D eigenvalue weighted by Crippen LogP contribution is 2.55. The molecule has 5 heteroatoms. The number of ether oxygens (including phenoxy) is 2. The van der Waals surface area contributed by atoms with Gasteiger partial charge in [-0.2, -0.15) is 0 Å².